The molecule has 17 heavy (non-hydrogen) atoms. The summed E-state index contributed by atoms with van der Waals surface area (Å²) in [6.45, 7) is 3.06. The molecule has 1 rings (SSSR count). The number of hydrogen-bond donors (Lipinski definition) is 0. The van der Waals surface area contributed by atoms with Gasteiger partial charge in [-0.3, -0.25) is 0 Å². The fraction of sp³-hybridized carbons (Fsp3) is 0.778. The molecule has 0 saturated heterocycles. The first-order chi connectivity index (χ1) is 8.13. The van der Waals surface area contributed by atoms with Gasteiger partial charge >= 0.3 is 6.80 Å². The van der Waals surface area contributed by atoms with Crippen molar-refractivity contribution in [3.63, 3.8) is 0 Å². The zero-order valence-electron chi connectivity index (χ0n) is 10.2. The second-order valence-corrected chi connectivity index (χ2v) is 7.07. The van der Waals surface area contributed by atoms with Crippen molar-refractivity contribution in [3.05, 3.63) is 11.8 Å². The van der Waals surface area contributed by atoms with Crippen LogP contribution in [0.1, 0.15) is 32.6 Å². The van der Waals surface area contributed by atoms with Crippen molar-refractivity contribution in [2.45, 2.75) is 32.9 Å². The largest absolute Gasteiger partial charge is 0.424 e. The molecule has 0 aliphatic carbocycles. The van der Waals surface area contributed by atoms with Crippen molar-refractivity contribution < 1.29 is 18.0 Å². The van der Waals surface area contributed by atoms with Crippen LogP contribution in [-0.4, -0.2) is 23.4 Å². The van der Waals surface area contributed by atoms with Crippen LogP contribution in [0.4, 0.5) is 0 Å². The topological polar surface area (TPSA) is 74.5 Å². The third kappa shape index (κ3) is 4.79. The van der Waals surface area contributed by atoms with Crippen LogP contribution in [0.25, 0.3) is 0 Å². The monoisotopic (exact) mass is 280 g/mol. The first kappa shape index (κ1) is 14.7. The molecule has 0 aliphatic heterocycles. The summed E-state index contributed by atoms with van der Waals surface area (Å²) in [7, 11) is 0. The molecule has 0 saturated carbocycles. The molecule has 0 N–H and O–H groups in total. The highest BCUT2D eigenvalue weighted by atomic mass is 32.7. The lowest BCUT2D eigenvalue weighted by molar-refractivity contribution is 0.236. The van der Waals surface area contributed by atoms with Crippen molar-refractivity contribution in [3.8, 4) is 0 Å². The van der Waals surface area contributed by atoms with Gasteiger partial charge < -0.3 is 13.5 Å². The molecular formula is C9H17N2O4PS. The normalized spacial score (nSPS) is 11.9. The van der Waals surface area contributed by atoms with E-state index in [1.807, 2.05) is 6.92 Å². The lowest BCUT2D eigenvalue weighted by Gasteiger charge is -2.14. The third-order valence-electron chi connectivity index (χ3n) is 1.73. The van der Waals surface area contributed by atoms with Gasteiger partial charge in [-0.2, -0.15) is 0 Å². The number of nitrogens with zero attached hydrogens (tertiary/aromatic N) is 2. The second kappa shape index (κ2) is 7.16. The highest BCUT2D eigenvalue weighted by Gasteiger charge is 2.25. The van der Waals surface area contributed by atoms with Gasteiger partial charge in [-0.1, -0.05) is 6.92 Å². The molecule has 0 unspecified atom stereocenters. The summed E-state index contributed by atoms with van der Waals surface area (Å²) in [5, 5.41) is 7.67. The Morgan fingerprint density at radius 3 is 2.24 bits per heavy atom. The molecular weight excluding hydrogens is 263 g/mol. The van der Waals surface area contributed by atoms with E-state index in [0.717, 1.165) is 11.4 Å². The Hall–Kier alpha value is -0.360. The van der Waals surface area contributed by atoms with Crippen LogP contribution >= 0.6 is 18.2 Å². The van der Waals surface area contributed by atoms with Gasteiger partial charge in [0.15, 0.2) is 0 Å². The summed E-state index contributed by atoms with van der Waals surface area (Å²) in [4.78, 5) is 0. The summed E-state index contributed by atoms with van der Waals surface area (Å²) < 4.78 is 27.7. The van der Waals surface area contributed by atoms with Crippen molar-refractivity contribution in [1.82, 2.24) is 10.2 Å². The number of hydrogen-bond acceptors (Lipinski definition) is 7. The SMILES string of the molecule is CCOP(=O)(OCC)SCc1nnc(CC)o1. The molecule has 0 aliphatic rings. The van der Waals surface area contributed by atoms with E-state index in [1.54, 1.807) is 13.8 Å². The minimum Gasteiger partial charge on any atom is -0.424 e. The zero-order chi connectivity index (χ0) is 12.7. The van der Waals surface area contributed by atoms with Crippen molar-refractivity contribution in [2.24, 2.45) is 0 Å². The summed E-state index contributed by atoms with van der Waals surface area (Å²) >= 11 is 1.06. The van der Waals surface area contributed by atoms with Crippen LogP contribution < -0.4 is 0 Å². The van der Waals surface area contributed by atoms with Gasteiger partial charge in [-0.25, -0.2) is 4.57 Å². The Bertz CT molecular complexity index is 375. The lowest BCUT2D eigenvalue weighted by Crippen LogP contribution is -1.93. The zero-order valence-corrected chi connectivity index (χ0v) is 11.9. The van der Waals surface area contributed by atoms with Crippen LogP contribution in [0.3, 0.4) is 0 Å². The Kier molecular flexibility index (Phi) is 6.19. The maximum absolute atomic E-state index is 12.1. The first-order valence-electron chi connectivity index (χ1n) is 5.48. The number of aromatic nitrogens is 2. The summed E-state index contributed by atoms with van der Waals surface area (Å²) in [6.07, 6.45) is 0.687. The van der Waals surface area contributed by atoms with Crippen LogP contribution in [0.2, 0.25) is 0 Å². The van der Waals surface area contributed by atoms with E-state index in [4.69, 9.17) is 13.5 Å². The minimum atomic E-state index is -3.10. The maximum atomic E-state index is 12.1. The summed E-state index contributed by atoms with van der Waals surface area (Å²) in [6, 6.07) is 0. The minimum absolute atomic E-state index is 0.324. The van der Waals surface area contributed by atoms with E-state index < -0.39 is 6.80 Å². The fourth-order valence-corrected chi connectivity index (χ4v) is 4.18. The van der Waals surface area contributed by atoms with Gasteiger partial charge in [0.2, 0.25) is 11.8 Å². The van der Waals surface area contributed by atoms with E-state index in [2.05, 4.69) is 10.2 Å². The smallest absolute Gasteiger partial charge is 0.389 e. The molecule has 1 heterocycles. The highest BCUT2D eigenvalue weighted by Crippen LogP contribution is 2.61. The van der Waals surface area contributed by atoms with E-state index in [9.17, 15) is 4.57 Å². The Morgan fingerprint density at radius 2 is 1.76 bits per heavy atom. The van der Waals surface area contributed by atoms with Crippen molar-refractivity contribution in [2.75, 3.05) is 13.2 Å². The van der Waals surface area contributed by atoms with Crippen LogP contribution in [0, 0.1) is 0 Å². The first-order valence-corrected chi connectivity index (χ1v) is 8.61. The maximum Gasteiger partial charge on any atom is 0.389 e. The Labute approximate surface area is 105 Å². The molecule has 0 spiro atoms. The lowest BCUT2D eigenvalue weighted by atomic mass is 10.5. The van der Waals surface area contributed by atoms with Crippen molar-refractivity contribution >= 4 is 18.2 Å². The van der Waals surface area contributed by atoms with E-state index in [1.165, 1.54) is 0 Å². The average Bonchev–Trinajstić information content (AvgIpc) is 2.75. The van der Waals surface area contributed by atoms with Crippen molar-refractivity contribution in [1.29, 1.82) is 0 Å². The number of rotatable bonds is 8. The van der Waals surface area contributed by atoms with Gasteiger partial charge in [0.25, 0.3) is 0 Å². The molecule has 0 aromatic carbocycles. The molecule has 0 atom stereocenters. The van der Waals surface area contributed by atoms with Crippen LogP contribution in [-0.2, 0) is 25.8 Å². The number of aryl methyl sites for hydroxylation is 1. The third-order valence-corrected chi connectivity index (χ3v) is 5.54. The predicted octanol–water partition coefficient (Wildman–Crippen LogP) is 3.05. The van der Waals surface area contributed by atoms with E-state index >= 15 is 0 Å². The summed E-state index contributed by atoms with van der Waals surface area (Å²) in [5.41, 5.74) is 0. The molecule has 1 aromatic heterocycles. The molecule has 98 valence electrons. The molecule has 8 heteroatoms. The Morgan fingerprint density at radius 1 is 1.18 bits per heavy atom. The van der Waals surface area contributed by atoms with Gasteiger partial charge in [0, 0.05) is 6.42 Å². The van der Waals surface area contributed by atoms with Gasteiger partial charge in [0.1, 0.15) is 0 Å². The average molecular weight is 280 g/mol. The molecule has 0 amide bonds. The van der Waals surface area contributed by atoms with Gasteiger partial charge in [-0.05, 0) is 25.2 Å². The van der Waals surface area contributed by atoms with Crippen LogP contribution in [0.5, 0.6) is 0 Å². The summed E-state index contributed by atoms with van der Waals surface area (Å²) in [5.74, 6) is 1.33. The highest BCUT2D eigenvalue weighted by molar-refractivity contribution is 8.54. The predicted molar refractivity (Wildman–Crippen MR) is 65.8 cm³/mol. The van der Waals surface area contributed by atoms with Crippen LogP contribution in [0.15, 0.2) is 4.42 Å². The van der Waals surface area contributed by atoms with E-state index in [0.29, 0.717) is 37.2 Å². The van der Waals surface area contributed by atoms with Gasteiger partial charge in [0.05, 0.1) is 19.0 Å². The standard InChI is InChI=1S/C9H17N2O4PS/c1-4-8-10-11-9(15-8)7-17-16(12,13-5-2)14-6-3/h4-7H2,1-3H3. The molecule has 0 fully saturated rings. The quantitative estimate of drug-likeness (QED) is 0.677. The second-order valence-electron chi connectivity index (χ2n) is 3.00. The molecule has 1 aromatic rings. The Balaban J connectivity index is 2.54. The molecule has 6 nitrogen and oxygen atoms in total. The molecule has 0 bridgehead atoms. The van der Waals surface area contributed by atoms with E-state index in [-0.39, 0.29) is 0 Å². The molecule has 0 radical (unpaired) electrons. The fourth-order valence-electron chi connectivity index (χ4n) is 1.05. The van der Waals surface area contributed by atoms with Gasteiger partial charge in [-0.15, -0.1) is 10.2 Å².